The largest absolute Gasteiger partial charge is 0.495 e. The number of ether oxygens (including phenoxy) is 4. The van der Waals surface area contributed by atoms with Crippen LogP contribution >= 0.6 is 11.6 Å². The lowest BCUT2D eigenvalue weighted by molar-refractivity contribution is -0.119. The fourth-order valence-electron chi connectivity index (χ4n) is 2.93. The van der Waals surface area contributed by atoms with Crippen LogP contribution in [0.15, 0.2) is 40.9 Å². The van der Waals surface area contributed by atoms with Gasteiger partial charge in [-0.1, -0.05) is 16.8 Å². The number of aryl methyl sites for hydroxylation is 2. The van der Waals surface area contributed by atoms with Gasteiger partial charge in [0.05, 0.1) is 36.1 Å². The van der Waals surface area contributed by atoms with E-state index in [1.165, 1.54) is 32.4 Å². The molecule has 9 nitrogen and oxygen atoms in total. The summed E-state index contributed by atoms with van der Waals surface area (Å²) in [7, 11) is 2.95. The third kappa shape index (κ3) is 5.95. The number of carbonyl (C=O) groups is 2. The topological polar surface area (TPSA) is 109 Å². The van der Waals surface area contributed by atoms with Crippen LogP contribution in [0, 0.1) is 13.8 Å². The van der Waals surface area contributed by atoms with Gasteiger partial charge in [0.2, 0.25) is 0 Å². The van der Waals surface area contributed by atoms with Crippen molar-refractivity contribution in [3.63, 3.8) is 0 Å². The number of nitrogens with one attached hydrogen (secondary N) is 1. The summed E-state index contributed by atoms with van der Waals surface area (Å²) in [6.45, 7) is 3.38. The molecule has 0 bridgehead atoms. The van der Waals surface area contributed by atoms with Crippen LogP contribution in [0.4, 0.5) is 5.69 Å². The predicted octanol–water partition coefficient (Wildman–Crippen LogP) is 4.34. The number of rotatable bonds is 9. The van der Waals surface area contributed by atoms with Crippen molar-refractivity contribution in [1.29, 1.82) is 0 Å². The predicted molar refractivity (Wildman–Crippen MR) is 120 cm³/mol. The van der Waals surface area contributed by atoms with Gasteiger partial charge in [0.1, 0.15) is 18.1 Å². The summed E-state index contributed by atoms with van der Waals surface area (Å²) in [4.78, 5) is 24.5. The summed E-state index contributed by atoms with van der Waals surface area (Å²) in [5.41, 5.74) is 2.23. The molecule has 3 aromatic rings. The molecule has 0 saturated heterocycles. The van der Waals surface area contributed by atoms with E-state index in [-0.39, 0.29) is 12.2 Å². The van der Waals surface area contributed by atoms with Gasteiger partial charge in [-0.15, -0.1) is 0 Å². The second-order valence-corrected chi connectivity index (χ2v) is 7.34. The highest BCUT2D eigenvalue weighted by Crippen LogP contribution is 2.30. The first-order chi connectivity index (χ1) is 15.8. The lowest BCUT2D eigenvalue weighted by Crippen LogP contribution is -2.21. The summed E-state index contributed by atoms with van der Waals surface area (Å²) < 4.78 is 26.4. The molecule has 3 rings (SSSR count). The van der Waals surface area contributed by atoms with E-state index < -0.39 is 18.5 Å². The quantitative estimate of drug-likeness (QED) is 0.456. The Hall–Kier alpha value is -3.72. The van der Waals surface area contributed by atoms with Gasteiger partial charge in [0, 0.05) is 5.69 Å². The number of benzene rings is 2. The number of carbonyl (C=O) groups excluding carboxylic acids is 2. The Bertz CT molecular complexity index is 1140. The Balaban J connectivity index is 1.58. The van der Waals surface area contributed by atoms with Gasteiger partial charge in [0.15, 0.2) is 18.1 Å². The third-order valence-corrected chi connectivity index (χ3v) is 5.02. The number of esters is 1. The molecule has 1 aromatic heterocycles. The van der Waals surface area contributed by atoms with E-state index in [2.05, 4.69) is 10.5 Å². The van der Waals surface area contributed by atoms with E-state index in [9.17, 15) is 9.59 Å². The second-order valence-electron chi connectivity index (χ2n) is 6.93. The van der Waals surface area contributed by atoms with Crippen LogP contribution in [0.2, 0.25) is 5.02 Å². The van der Waals surface area contributed by atoms with Gasteiger partial charge in [-0.25, -0.2) is 4.79 Å². The molecule has 0 atom stereocenters. The van der Waals surface area contributed by atoms with Gasteiger partial charge in [-0.2, -0.15) is 0 Å². The average Bonchev–Trinajstić information content (AvgIpc) is 3.13. The van der Waals surface area contributed by atoms with E-state index in [1.54, 1.807) is 25.1 Å². The third-order valence-electron chi connectivity index (χ3n) is 4.72. The number of anilines is 1. The van der Waals surface area contributed by atoms with Crippen LogP contribution in [0.3, 0.4) is 0 Å². The molecule has 0 saturated carbocycles. The number of hydrogen-bond donors (Lipinski definition) is 1. The molecule has 10 heteroatoms. The van der Waals surface area contributed by atoms with Crippen LogP contribution < -0.4 is 19.5 Å². The Labute approximate surface area is 195 Å². The molecule has 0 fully saturated rings. The smallest absolute Gasteiger partial charge is 0.338 e. The minimum absolute atomic E-state index is 0.205. The van der Waals surface area contributed by atoms with Crippen LogP contribution in [0.5, 0.6) is 17.2 Å². The minimum Gasteiger partial charge on any atom is -0.495 e. The van der Waals surface area contributed by atoms with E-state index in [0.29, 0.717) is 33.7 Å². The number of hydrogen-bond acceptors (Lipinski definition) is 8. The molecular formula is C23H23ClN2O7. The Morgan fingerprint density at radius 2 is 1.76 bits per heavy atom. The molecule has 0 unspecified atom stereocenters. The molecule has 1 amide bonds. The van der Waals surface area contributed by atoms with Crippen molar-refractivity contribution >= 4 is 29.2 Å². The molecule has 0 aliphatic carbocycles. The lowest BCUT2D eigenvalue weighted by Gasteiger charge is -2.12. The van der Waals surface area contributed by atoms with Gasteiger partial charge in [0.25, 0.3) is 5.91 Å². The highest BCUT2D eigenvalue weighted by molar-refractivity contribution is 6.32. The maximum absolute atomic E-state index is 12.4. The van der Waals surface area contributed by atoms with Crippen molar-refractivity contribution in [3.8, 4) is 17.2 Å². The molecule has 1 N–H and O–H groups in total. The molecule has 33 heavy (non-hydrogen) atoms. The van der Waals surface area contributed by atoms with Crippen molar-refractivity contribution in [3.05, 3.63) is 64.0 Å². The zero-order valence-corrected chi connectivity index (χ0v) is 19.3. The van der Waals surface area contributed by atoms with Crippen LogP contribution in [-0.4, -0.2) is 37.9 Å². The SMILES string of the molecule is COc1ccc(NC(=O)COC(=O)c2ccc(OCc3c(C)noc3C)c(OC)c2)cc1Cl. The number of amides is 1. The molecule has 0 aliphatic heterocycles. The standard InChI is InChI=1S/C23H23ClN2O7/c1-13-17(14(2)33-26-13)11-31-20-7-5-15(9-21(20)30-4)23(28)32-12-22(27)25-16-6-8-19(29-3)18(24)10-16/h5-10H,11-12H2,1-4H3,(H,25,27). The van der Waals surface area contributed by atoms with E-state index in [0.717, 1.165) is 11.3 Å². The zero-order valence-electron chi connectivity index (χ0n) is 18.6. The summed E-state index contributed by atoms with van der Waals surface area (Å²) in [5.74, 6) is 0.720. The molecular weight excluding hydrogens is 452 g/mol. The highest BCUT2D eigenvalue weighted by atomic mass is 35.5. The first kappa shape index (κ1) is 23.9. The van der Waals surface area contributed by atoms with Gasteiger partial charge < -0.3 is 28.8 Å². The maximum Gasteiger partial charge on any atom is 0.338 e. The van der Waals surface area contributed by atoms with Crippen LogP contribution in [0.1, 0.15) is 27.4 Å². The number of methoxy groups -OCH3 is 2. The number of aromatic nitrogens is 1. The van der Waals surface area contributed by atoms with Crippen molar-refractivity contribution in [2.45, 2.75) is 20.5 Å². The monoisotopic (exact) mass is 474 g/mol. The number of halogens is 1. The summed E-state index contributed by atoms with van der Waals surface area (Å²) in [5, 5.41) is 6.83. The summed E-state index contributed by atoms with van der Waals surface area (Å²) in [6, 6.07) is 9.36. The van der Waals surface area contributed by atoms with Gasteiger partial charge in [-0.05, 0) is 50.2 Å². The summed E-state index contributed by atoms with van der Waals surface area (Å²) in [6.07, 6.45) is 0. The Kier molecular flexibility index (Phi) is 7.78. The fraction of sp³-hybridized carbons (Fsp3) is 0.261. The van der Waals surface area contributed by atoms with Crippen molar-refractivity contribution in [1.82, 2.24) is 5.16 Å². The fourth-order valence-corrected chi connectivity index (χ4v) is 3.19. The highest BCUT2D eigenvalue weighted by Gasteiger charge is 2.16. The van der Waals surface area contributed by atoms with Crippen LogP contribution in [0.25, 0.3) is 0 Å². The second kappa shape index (κ2) is 10.7. The molecule has 0 aliphatic rings. The minimum atomic E-state index is -0.687. The van der Waals surface area contributed by atoms with Crippen LogP contribution in [-0.2, 0) is 16.1 Å². The summed E-state index contributed by atoms with van der Waals surface area (Å²) >= 11 is 6.04. The molecule has 0 radical (unpaired) electrons. The molecule has 0 spiro atoms. The zero-order chi connectivity index (χ0) is 24.0. The molecule has 2 aromatic carbocycles. The van der Waals surface area contributed by atoms with Crippen molar-refractivity contribution < 1.29 is 33.1 Å². The first-order valence-electron chi connectivity index (χ1n) is 9.85. The van der Waals surface area contributed by atoms with Gasteiger partial charge in [-0.3, -0.25) is 4.79 Å². The molecule has 1 heterocycles. The van der Waals surface area contributed by atoms with Gasteiger partial charge >= 0.3 is 5.97 Å². The Morgan fingerprint density at radius 1 is 1.03 bits per heavy atom. The normalized spacial score (nSPS) is 10.5. The Morgan fingerprint density at radius 3 is 2.39 bits per heavy atom. The average molecular weight is 475 g/mol. The van der Waals surface area contributed by atoms with Crippen molar-refractivity contribution in [2.24, 2.45) is 0 Å². The van der Waals surface area contributed by atoms with E-state index in [4.69, 9.17) is 35.1 Å². The first-order valence-corrected chi connectivity index (χ1v) is 10.2. The molecule has 174 valence electrons. The van der Waals surface area contributed by atoms with E-state index >= 15 is 0 Å². The lowest BCUT2D eigenvalue weighted by atomic mass is 10.2. The maximum atomic E-state index is 12.4. The number of nitrogens with zero attached hydrogens (tertiary/aromatic N) is 1. The van der Waals surface area contributed by atoms with E-state index in [1.807, 2.05) is 6.92 Å². The van der Waals surface area contributed by atoms with Crippen molar-refractivity contribution in [2.75, 3.05) is 26.1 Å².